The highest BCUT2D eigenvalue weighted by Gasteiger charge is 2.20. The lowest BCUT2D eigenvalue weighted by Gasteiger charge is -2.29. The molecule has 2 aromatic carbocycles. The molecule has 4 rings (SSSR count). The number of carbonyl (C=O) groups is 1. The highest BCUT2D eigenvalue weighted by Crippen LogP contribution is 2.26. The number of piperidine rings is 1. The molecule has 0 unspecified atom stereocenters. The van der Waals surface area contributed by atoms with Crippen LogP contribution in [-0.2, 0) is 4.79 Å². The Morgan fingerprint density at radius 3 is 2.53 bits per heavy atom. The molecule has 0 spiro atoms. The fourth-order valence-electron chi connectivity index (χ4n) is 3.65. The quantitative estimate of drug-likeness (QED) is 0.610. The Morgan fingerprint density at radius 1 is 1.03 bits per heavy atom. The van der Waals surface area contributed by atoms with Crippen molar-refractivity contribution in [2.75, 3.05) is 28.6 Å². The Morgan fingerprint density at radius 2 is 1.78 bits per heavy atom. The number of benzene rings is 2. The van der Waals surface area contributed by atoms with E-state index in [0.717, 1.165) is 48.4 Å². The number of amides is 1. The number of nitrogens with one attached hydrogen (secondary N) is 2. The standard InChI is InChI=1S/C25H26N6O/c1-18-22(28-19(2)32)9-6-10-23(18)29-24-26-17-27-25(30-24)31-15-13-21(14-16-31)12-11-20-7-4-3-5-8-20/h3-10,17,21H,13-16H2,1-2H3,(H,28,32)(H,26,27,29,30). The minimum Gasteiger partial charge on any atom is -0.341 e. The third-order valence-electron chi connectivity index (χ3n) is 5.42. The zero-order valence-electron chi connectivity index (χ0n) is 18.3. The Kier molecular flexibility index (Phi) is 6.61. The second-order valence-corrected chi connectivity index (χ2v) is 7.79. The first-order valence-corrected chi connectivity index (χ1v) is 10.7. The molecule has 7 heteroatoms. The van der Waals surface area contributed by atoms with Crippen molar-refractivity contribution in [2.24, 2.45) is 5.92 Å². The maximum absolute atomic E-state index is 11.4. The van der Waals surface area contributed by atoms with E-state index < -0.39 is 0 Å². The summed E-state index contributed by atoms with van der Waals surface area (Å²) < 4.78 is 0. The van der Waals surface area contributed by atoms with Gasteiger partial charge in [-0.15, -0.1) is 0 Å². The third kappa shape index (κ3) is 5.41. The Hall–Kier alpha value is -3.92. The van der Waals surface area contributed by atoms with Gasteiger partial charge in [-0.05, 0) is 49.6 Å². The van der Waals surface area contributed by atoms with Crippen molar-refractivity contribution in [1.29, 1.82) is 0 Å². The monoisotopic (exact) mass is 426 g/mol. The Bertz CT molecular complexity index is 1140. The highest BCUT2D eigenvalue weighted by molar-refractivity contribution is 5.90. The molecule has 0 bridgehead atoms. The van der Waals surface area contributed by atoms with Gasteiger partial charge in [0.05, 0.1) is 0 Å². The van der Waals surface area contributed by atoms with E-state index in [0.29, 0.717) is 17.8 Å². The second kappa shape index (κ2) is 9.92. The van der Waals surface area contributed by atoms with Crippen molar-refractivity contribution in [3.8, 4) is 11.8 Å². The average Bonchev–Trinajstić information content (AvgIpc) is 2.81. The van der Waals surface area contributed by atoms with Gasteiger partial charge in [-0.1, -0.05) is 36.1 Å². The number of rotatable bonds is 4. The van der Waals surface area contributed by atoms with Gasteiger partial charge in [-0.2, -0.15) is 4.98 Å². The van der Waals surface area contributed by atoms with Crippen LogP contribution in [0.3, 0.4) is 0 Å². The second-order valence-electron chi connectivity index (χ2n) is 7.79. The van der Waals surface area contributed by atoms with E-state index in [1.54, 1.807) is 0 Å². The minimum atomic E-state index is -0.107. The highest BCUT2D eigenvalue weighted by atomic mass is 16.1. The molecule has 2 N–H and O–H groups in total. The van der Waals surface area contributed by atoms with Crippen molar-refractivity contribution >= 4 is 29.2 Å². The zero-order chi connectivity index (χ0) is 22.3. The number of anilines is 4. The summed E-state index contributed by atoms with van der Waals surface area (Å²) >= 11 is 0. The molecular formula is C25H26N6O. The molecule has 1 amide bonds. The van der Waals surface area contributed by atoms with Crippen LogP contribution in [0.5, 0.6) is 0 Å². The predicted molar refractivity (Wildman–Crippen MR) is 127 cm³/mol. The normalized spacial score (nSPS) is 13.8. The molecule has 3 aromatic rings. The van der Waals surface area contributed by atoms with Gasteiger partial charge >= 0.3 is 0 Å². The smallest absolute Gasteiger partial charge is 0.232 e. The molecule has 162 valence electrons. The van der Waals surface area contributed by atoms with Gasteiger partial charge in [0.25, 0.3) is 0 Å². The molecule has 0 radical (unpaired) electrons. The SMILES string of the molecule is CC(=O)Nc1cccc(Nc2ncnc(N3CCC(C#Cc4ccccc4)CC3)n2)c1C. The van der Waals surface area contributed by atoms with Gasteiger partial charge in [-0.25, -0.2) is 9.97 Å². The number of hydrogen-bond acceptors (Lipinski definition) is 6. The predicted octanol–water partition coefficient (Wildman–Crippen LogP) is 4.15. The summed E-state index contributed by atoms with van der Waals surface area (Å²) in [5.74, 6) is 8.10. The van der Waals surface area contributed by atoms with E-state index in [-0.39, 0.29) is 5.91 Å². The van der Waals surface area contributed by atoms with Crippen LogP contribution in [0.25, 0.3) is 0 Å². The lowest BCUT2D eigenvalue weighted by molar-refractivity contribution is -0.114. The molecule has 1 aromatic heterocycles. The maximum Gasteiger partial charge on any atom is 0.232 e. The molecular weight excluding hydrogens is 400 g/mol. The van der Waals surface area contributed by atoms with Gasteiger partial charge in [0.15, 0.2) is 0 Å². The summed E-state index contributed by atoms with van der Waals surface area (Å²) in [6, 6.07) is 15.8. The van der Waals surface area contributed by atoms with Crippen molar-refractivity contribution in [3.05, 3.63) is 66.0 Å². The van der Waals surface area contributed by atoms with E-state index in [4.69, 9.17) is 0 Å². The van der Waals surface area contributed by atoms with E-state index in [1.807, 2.05) is 55.5 Å². The fourth-order valence-corrected chi connectivity index (χ4v) is 3.65. The molecule has 2 heterocycles. The maximum atomic E-state index is 11.4. The molecule has 0 atom stereocenters. The van der Waals surface area contributed by atoms with Gasteiger partial charge in [-0.3, -0.25) is 4.79 Å². The van der Waals surface area contributed by atoms with Gasteiger partial charge < -0.3 is 15.5 Å². The van der Waals surface area contributed by atoms with Gasteiger partial charge in [0.1, 0.15) is 6.33 Å². The average molecular weight is 427 g/mol. The van der Waals surface area contributed by atoms with Crippen molar-refractivity contribution in [1.82, 2.24) is 15.0 Å². The first-order chi connectivity index (χ1) is 15.6. The number of aromatic nitrogens is 3. The first kappa shape index (κ1) is 21.3. The van der Waals surface area contributed by atoms with Crippen LogP contribution in [0, 0.1) is 24.7 Å². The van der Waals surface area contributed by atoms with Crippen molar-refractivity contribution in [2.45, 2.75) is 26.7 Å². The van der Waals surface area contributed by atoms with Crippen LogP contribution in [0.1, 0.15) is 30.9 Å². The van der Waals surface area contributed by atoms with E-state index in [2.05, 4.69) is 42.3 Å². The van der Waals surface area contributed by atoms with Crippen molar-refractivity contribution < 1.29 is 4.79 Å². The van der Waals surface area contributed by atoms with E-state index >= 15 is 0 Å². The minimum absolute atomic E-state index is 0.107. The van der Waals surface area contributed by atoms with Gasteiger partial charge in [0.2, 0.25) is 17.8 Å². The topological polar surface area (TPSA) is 83.0 Å². The number of carbonyl (C=O) groups excluding carboxylic acids is 1. The third-order valence-corrected chi connectivity index (χ3v) is 5.42. The molecule has 1 saturated heterocycles. The molecule has 1 fully saturated rings. The van der Waals surface area contributed by atoms with E-state index in [1.165, 1.54) is 13.3 Å². The largest absolute Gasteiger partial charge is 0.341 e. The molecule has 7 nitrogen and oxygen atoms in total. The van der Waals surface area contributed by atoms with Crippen LogP contribution in [0.15, 0.2) is 54.9 Å². The van der Waals surface area contributed by atoms with Gasteiger partial charge in [0, 0.05) is 42.9 Å². The summed E-state index contributed by atoms with van der Waals surface area (Å²) in [6.07, 6.45) is 3.48. The zero-order valence-corrected chi connectivity index (χ0v) is 18.3. The summed E-state index contributed by atoms with van der Waals surface area (Å²) in [6.45, 7) is 5.15. The fraction of sp³-hybridized carbons (Fsp3) is 0.280. The van der Waals surface area contributed by atoms with Crippen LogP contribution < -0.4 is 15.5 Å². The van der Waals surface area contributed by atoms with Crippen LogP contribution in [0.4, 0.5) is 23.3 Å². The molecule has 1 aliphatic heterocycles. The summed E-state index contributed by atoms with van der Waals surface area (Å²) in [5, 5.41) is 6.09. The first-order valence-electron chi connectivity index (χ1n) is 10.7. The Balaban J connectivity index is 1.40. The van der Waals surface area contributed by atoms with Crippen LogP contribution >= 0.6 is 0 Å². The van der Waals surface area contributed by atoms with Crippen molar-refractivity contribution in [3.63, 3.8) is 0 Å². The number of hydrogen-bond donors (Lipinski definition) is 2. The Labute approximate surface area is 188 Å². The molecule has 0 saturated carbocycles. The summed E-state index contributed by atoms with van der Waals surface area (Å²) in [7, 11) is 0. The molecule has 1 aliphatic rings. The molecule has 0 aliphatic carbocycles. The lowest BCUT2D eigenvalue weighted by Crippen LogP contribution is -2.34. The van der Waals surface area contributed by atoms with E-state index in [9.17, 15) is 4.79 Å². The summed E-state index contributed by atoms with van der Waals surface area (Å²) in [4.78, 5) is 26.8. The van der Waals surface area contributed by atoms with Crippen LogP contribution in [0.2, 0.25) is 0 Å². The van der Waals surface area contributed by atoms with Crippen LogP contribution in [-0.4, -0.2) is 33.9 Å². The summed E-state index contributed by atoms with van der Waals surface area (Å²) in [5.41, 5.74) is 3.57. The lowest BCUT2D eigenvalue weighted by atomic mass is 9.97. The number of nitrogens with zero attached hydrogens (tertiary/aromatic N) is 4. The molecule has 32 heavy (non-hydrogen) atoms.